The van der Waals surface area contributed by atoms with Gasteiger partial charge in [0.15, 0.2) is 0 Å². The van der Waals surface area contributed by atoms with Gasteiger partial charge < -0.3 is 9.47 Å². The van der Waals surface area contributed by atoms with E-state index in [0.29, 0.717) is 12.2 Å². The summed E-state index contributed by atoms with van der Waals surface area (Å²) in [5.74, 6) is 0.550. The van der Waals surface area contributed by atoms with Crippen molar-refractivity contribution in [2.75, 3.05) is 13.7 Å². The van der Waals surface area contributed by atoms with Gasteiger partial charge in [-0.05, 0) is 42.3 Å². The highest BCUT2D eigenvalue weighted by molar-refractivity contribution is 5.89. The Kier molecular flexibility index (Phi) is 5.16. The van der Waals surface area contributed by atoms with Crippen LogP contribution in [0.15, 0.2) is 48.5 Å². The molecule has 21 heavy (non-hydrogen) atoms. The van der Waals surface area contributed by atoms with Gasteiger partial charge in [-0.1, -0.05) is 36.4 Å². The van der Waals surface area contributed by atoms with Gasteiger partial charge in [0.1, 0.15) is 5.75 Å². The zero-order chi connectivity index (χ0) is 15.1. The van der Waals surface area contributed by atoms with E-state index < -0.39 is 0 Å². The van der Waals surface area contributed by atoms with Crippen molar-refractivity contribution in [2.24, 2.45) is 0 Å². The first-order valence-corrected chi connectivity index (χ1v) is 6.82. The second kappa shape index (κ2) is 7.29. The molecule has 0 N–H and O–H groups in total. The lowest BCUT2D eigenvalue weighted by atomic mass is 10.1. The number of carbonyl (C=O) groups excluding carboxylic acids is 1. The summed E-state index contributed by atoms with van der Waals surface area (Å²) in [5, 5.41) is 0. The third kappa shape index (κ3) is 4.21. The van der Waals surface area contributed by atoms with E-state index in [4.69, 9.17) is 9.47 Å². The molecule has 0 spiro atoms. The van der Waals surface area contributed by atoms with Crippen LogP contribution in [0.25, 0.3) is 12.2 Å². The van der Waals surface area contributed by atoms with Crippen molar-refractivity contribution in [2.45, 2.75) is 6.92 Å². The van der Waals surface area contributed by atoms with E-state index in [2.05, 4.69) is 0 Å². The third-order valence-electron chi connectivity index (χ3n) is 3.01. The second-order valence-corrected chi connectivity index (χ2v) is 4.45. The lowest BCUT2D eigenvalue weighted by Gasteiger charge is -2.02. The van der Waals surface area contributed by atoms with Gasteiger partial charge >= 0.3 is 5.97 Å². The fourth-order valence-corrected chi connectivity index (χ4v) is 1.85. The standard InChI is InChI=1S/C18H18O3/c1-3-21-18(19)16-10-6-14(7-11-16)4-5-15-8-12-17(20-2)13-9-15/h4-13H,3H2,1-2H3/b5-4-. The Morgan fingerprint density at radius 1 is 0.952 bits per heavy atom. The van der Waals surface area contributed by atoms with Crippen LogP contribution in [0.5, 0.6) is 5.75 Å². The maximum Gasteiger partial charge on any atom is 0.338 e. The molecular formula is C18H18O3. The minimum atomic E-state index is -0.289. The van der Waals surface area contributed by atoms with Gasteiger partial charge in [0.25, 0.3) is 0 Å². The third-order valence-corrected chi connectivity index (χ3v) is 3.01. The van der Waals surface area contributed by atoms with Crippen molar-refractivity contribution in [3.05, 3.63) is 65.2 Å². The fourth-order valence-electron chi connectivity index (χ4n) is 1.85. The maximum absolute atomic E-state index is 11.5. The maximum atomic E-state index is 11.5. The van der Waals surface area contributed by atoms with E-state index in [1.165, 1.54) is 0 Å². The molecule has 3 heteroatoms. The molecule has 0 aromatic heterocycles. The molecule has 0 aliphatic heterocycles. The predicted molar refractivity (Wildman–Crippen MR) is 84.3 cm³/mol. The van der Waals surface area contributed by atoms with Crippen LogP contribution in [0.4, 0.5) is 0 Å². The Hall–Kier alpha value is -2.55. The summed E-state index contributed by atoms with van der Waals surface area (Å²) in [6.07, 6.45) is 4.01. The highest BCUT2D eigenvalue weighted by Crippen LogP contribution is 2.14. The van der Waals surface area contributed by atoms with E-state index in [0.717, 1.165) is 16.9 Å². The smallest absolute Gasteiger partial charge is 0.338 e. The van der Waals surface area contributed by atoms with Crippen LogP contribution in [-0.2, 0) is 4.74 Å². The minimum absolute atomic E-state index is 0.289. The summed E-state index contributed by atoms with van der Waals surface area (Å²) in [6, 6.07) is 15.1. The van der Waals surface area contributed by atoms with Crippen LogP contribution in [0.2, 0.25) is 0 Å². The molecule has 0 radical (unpaired) electrons. The second-order valence-electron chi connectivity index (χ2n) is 4.45. The zero-order valence-corrected chi connectivity index (χ0v) is 12.2. The largest absolute Gasteiger partial charge is 0.497 e. The predicted octanol–water partition coefficient (Wildman–Crippen LogP) is 4.04. The summed E-state index contributed by atoms with van der Waals surface area (Å²) in [5.41, 5.74) is 2.68. The molecular weight excluding hydrogens is 264 g/mol. The van der Waals surface area contributed by atoms with E-state index >= 15 is 0 Å². The molecule has 2 aromatic rings. The molecule has 0 aliphatic carbocycles. The van der Waals surface area contributed by atoms with Crippen molar-refractivity contribution >= 4 is 18.1 Å². The van der Waals surface area contributed by atoms with Crippen LogP contribution in [0, 0.1) is 0 Å². The zero-order valence-electron chi connectivity index (χ0n) is 12.2. The van der Waals surface area contributed by atoms with Crippen molar-refractivity contribution < 1.29 is 14.3 Å². The number of methoxy groups -OCH3 is 1. The van der Waals surface area contributed by atoms with Crippen LogP contribution >= 0.6 is 0 Å². The van der Waals surface area contributed by atoms with Crippen molar-refractivity contribution in [3.63, 3.8) is 0 Å². The first kappa shape index (κ1) is 14.9. The summed E-state index contributed by atoms with van der Waals surface area (Å²) >= 11 is 0. The number of hydrogen-bond donors (Lipinski definition) is 0. The van der Waals surface area contributed by atoms with Crippen LogP contribution in [-0.4, -0.2) is 19.7 Å². The number of benzene rings is 2. The molecule has 0 heterocycles. The van der Waals surface area contributed by atoms with Gasteiger partial charge in [-0.2, -0.15) is 0 Å². The van der Waals surface area contributed by atoms with Gasteiger partial charge in [-0.15, -0.1) is 0 Å². The Labute approximate surface area is 124 Å². The van der Waals surface area contributed by atoms with Gasteiger partial charge in [-0.25, -0.2) is 4.79 Å². The molecule has 3 nitrogen and oxygen atoms in total. The number of esters is 1. The summed E-state index contributed by atoms with van der Waals surface area (Å²) in [6.45, 7) is 2.18. The highest BCUT2D eigenvalue weighted by atomic mass is 16.5. The molecule has 0 atom stereocenters. The van der Waals surface area contributed by atoms with Gasteiger partial charge in [0.05, 0.1) is 19.3 Å². The fraction of sp³-hybridized carbons (Fsp3) is 0.167. The molecule has 2 rings (SSSR count). The average Bonchev–Trinajstić information content (AvgIpc) is 2.54. The number of rotatable bonds is 5. The van der Waals surface area contributed by atoms with Crippen LogP contribution < -0.4 is 4.74 Å². The minimum Gasteiger partial charge on any atom is -0.497 e. The molecule has 0 saturated heterocycles. The quantitative estimate of drug-likeness (QED) is 0.613. The first-order chi connectivity index (χ1) is 10.2. The Morgan fingerprint density at radius 3 is 1.95 bits per heavy atom. The number of carbonyl (C=O) groups is 1. The van der Waals surface area contributed by atoms with Crippen molar-refractivity contribution in [3.8, 4) is 5.75 Å². The molecule has 108 valence electrons. The summed E-state index contributed by atoms with van der Waals surface area (Å²) < 4.78 is 10.1. The van der Waals surface area contributed by atoms with Gasteiger partial charge in [0, 0.05) is 0 Å². The number of hydrogen-bond acceptors (Lipinski definition) is 3. The van der Waals surface area contributed by atoms with Crippen LogP contribution in [0.3, 0.4) is 0 Å². The normalized spacial score (nSPS) is 10.6. The molecule has 0 unspecified atom stereocenters. The van der Waals surface area contributed by atoms with E-state index in [1.807, 2.05) is 48.6 Å². The first-order valence-electron chi connectivity index (χ1n) is 6.82. The Bertz CT molecular complexity index is 610. The monoisotopic (exact) mass is 282 g/mol. The summed E-state index contributed by atoms with van der Waals surface area (Å²) in [7, 11) is 1.65. The summed E-state index contributed by atoms with van der Waals surface area (Å²) in [4.78, 5) is 11.5. The van der Waals surface area contributed by atoms with Crippen LogP contribution in [0.1, 0.15) is 28.4 Å². The molecule has 0 amide bonds. The molecule has 0 aliphatic rings. The Morgan fingerprint density at radius 2 is 1.48 bits per heavy atom. The lowest BCUT2D eigenvalue weighted by molar-refractivity contribution is 0.0526. The Balaban J connectivity index is 2.05. The molecule has 0 bridgehead atoms. The topological polar surface area (TPSA) is 35.5 Å². The van der Waals surface area contributed by atoms with Gasteiger partial charge in [0.2, 0.25) is 0 Å². The van der Waals surface area contributed by atoms with E-state index in [9.17, 15) is 4.79 Å². The van der Waals surface area contributed by atoms with E-state index in [1.54, 1.807) is 26.2 Å². The number of ether oxygens (including phenoxy) is 2. The van der Waals surface area contributed by atoms with Crippen molar-refractivity contribution in [1.29, 1.82) is 0 Å². The van der Waals surface area contributed by atoms with Crippen molar-refractivity contribution in [1.82, 2.24) is 0 Å². The SMILES string of the molecule is CCOC(=O)c1ccc(/C=C\c2ccc(OC)cc2)cc1. The molecule has 0 saturated carbocycles. The van der Waals surface area contributed by atoms with E-state index in [-0.39, 0.29) is 5.97 Å². The van der Waals surface area contributed by atoms with Gasteiger partial charge in [-0.3, -0.25) is 0 Å². The average molecular weight is 282 g/mol. The highest BCUT2D eigenvalue weighted by Gasteiger charge is 2.04. The molecule has 0 fully saturated rings. The molecule has 2 aromatic carbocycles. The lowest BCUT2D eigenvalue weighted by Crippen LogP contribution is -2.03.